The first-order chi connectivity index (χ1) is 12.2. The van der Waals surface area contributed by atoms with Gasteiger partial charge in [-0.15, -0.1) is 11.3 Å². The molecule has 0 saturated carbocycles. The van der Waals surface area contributed by atoms with E-state index in [9.17, 15) is 13.2 Å². The molecule has 0 radical (unpaired) electrons. The monoisotopic (exact) mass is 393 g/mol. The average molecular weight is 394 g/mol. The number of fused-ring (bicyclic) bond motifs is 1. The molecule has 0 aliphatic heterocycles. The fourth-order valence-electron chi connectivity index (χ4n) is 3.08. The van der Waals surface area contributed by atoms with Gasteiger partial charge in [-0.2, -0.15) is 0 Å². The highest BCUT2D eigenvalue weighted by molar-refractivity contribution is 7.88. The van der Waals surface area contributed by atoms with Gasteiger partial charge in [0.2, 0.25) is 10.0 Å². The van der Waals surface area contributed by atoms with Crippen molar-refractivity contribution in [2.24, 2.45) is 5.92 Å². The van der Waals surface area contributed by atoms with Crippen molar-refractivity contribution in [2.75, 3.05) is 11.6 Å². The van der Waals surface area contributed by atoms with Crippen LogP contribution < -0.4 is 10.0 Å². The van der Waals surface area contributed by atoms with Crippen molar-refractivity contribution in [1.29, 1.82) is 0 Å². The number of nitrogens with zero attached hydrogens (tertiary/aromatic N) is 1. The number of anilines is 1. The van der Waals surface area contributed by atoms with Gasteiger partial charge in [-0.1, -0.05) is 19.9 Å². The second-order valence-corrected chi connectivity index (χ2v) is 9.64. The molecule has 1 amide bonds. The quantitative estimate of drug-likeness (QED) is 0.789. The van der Waals surface area contributed by atoms with Crippen molar-refractivity contribution in [2.45, 2.75) is 39.2 Å². The average Bonchev–Trinajstić information content (AvgIpc) is 3.20. The minimum absolute atomic E-state index is 0.0171. The van der Waals surface area contributed by atoms with E-state index in [2.05, 4.69) is 21.1 Å². The molecule has 1 atom stereocenters. The number of aryl methyl sites for hydroxylation is 2. The molecule has 0 saturated heterocycles. The van der Waals surface area contributed by atoms with Crippen molar-refractivity contribution in [3.8, 4) is 0 Å². The summed E-state index contributed by atoms with van der Waals surface area (Å²) in [6.07, 6.45) is 4.43. The number of hydrogen-bond acceptors (Lipinski definition) is 5. The van der Waals surface area contributed by atoms with Gasteiger partial charge < -0.3 is 5.32 Å². The summed E-state index contributed by atoms with van der Waals surface area (Å²) in [6, 6.07) is 5.55. The highest BCUT2D eigenvalue weighted by atomic mass is 32.2. The zero-order valence-corrected chi connectivity index (χ0v) is 16.7. The molecule has 6 nitrogen and oxygen atoms in total. The second-order valence-electron chi connectivity index (χ2n) is 6.97. The summed E-state index contributed by atoms with van der Waals surface area (Å²) in [7, 11) is -3.37. The topological polar surface area (TPSA) is 88.2 Å². The molecule has 0 spiro atoms. The molecule has 1 aromatic heterocycles. The molecule has 0 unspecified atom stereocenters. The lowest BCUT2D eigenvalue weighted by Gasteiger charge is -2.18. The van der Waals surface area contributed by atoms with Crippen LogP contribution in [-0.2, 0) is 22.9 Å². The lowest BCUT2D eigenvalue weighted by atomic mass is 10.1. The van der Waals surface area contributed by atoms with Crippen LogP contribution in [0.1, 0.15) is 52.9 Å². The fraction of sp³-hybridized carbons (Fsp3) is 0.444. The maximum atomic E-state index is 12.5. The van der Waals surface area contributed by atoms with E-state index in [-0.39, 0.29) is 11.8 Å². The third kappa shape index (κ3) is 4.49. The lowest BCUT2D eigenvalue weighted by Crippen LogP contribution is -2.30. The van der Waals surface area contributed by atoms with Crippen LogP contribution in [0.15, 0.2) is 23.6 Å². The molecule has 2 aromatic rings. The zero-order chi connectivity index (χ0) is 18.9. The largest absolute Gasteiger partial charge is 0.321 e. The fourth-order valence-corrected chi connectivity index (χ4v) is 5.02. The second kappa shape index (κ2) is 7.46. The van der Waals surface area contributed by atoms with E-state index in [0.29, 0.717) is 10.7 Å². The molecule has 1 aliphatic rings. The van der Waals surface area contributed by atoms with Crippen LogP contribution in [0.2, 0.25) is 0 Å². The molecule has 0 fully saturated rings. The number of sulfonamides is 1. The maximum absolute atomic E-state index is 12.5. The lowest BCUT2D eigenvalue weighted by molar-refractivity contribution is 0.102. The number of thiazole rings is 1. The first-order valence-electron chi connectivity index (χ1n) is 8.59. The Morgan fingerprint density at radius 2 is 1.96 bits per heavy atom. The predicted octanol–water partition coefficient (Wildman–Crippen LogP) is 3.13. The van der Waals surface area contributed by atoms with Gasteiger partial charge in [0.15, 0.2) is 0 Å². The first kappa shape index (κ1) is 19.0. The smallest absolute Gasteiger partial charge is 0.275 e. The van der Waals surface area contributed by atoms with Crippen molar-refractivity contribution in [1.82, 2.24) is 9.71 Å². The maximum Gasteiger partial charge on any atom is 0.275 e. The third-order valence-corrected chi connectivity index (χ3v) is 5.99. The van der Waals surface area contributed by atoms with Gasteiger partial charge in [-0.25, -0.2) is 18.1 Å². The molecule has 26 heavy (non-hydrogen) atoms. The van der Waals surface area contributed by atoms with Gasteiger partial charge >= 0.3 is 0 Å². The van der Waals surface area contributed by atoms with E-state index in [1.807, 2.05) is 26.0 Å². The summed E-state index contributed by atoms with van der Waals surface area (Å²) < 4.78 is 25.8. The molecular formula is C18H23N3O3S2. The van der Waals surface area contributed by atoms with Crippen molar-refractivity contribution < 1.29 is 13.2 Å². The number of benzene rings is 1. The van der Waals surface area contributed by atoms with Gasteiger partial charge in [-0.05, 0) is 48.4 Å². The Hall–Kier alpha value is -1.77. The third-order valence-electron chi connectivity index (χ3n) is 4.38. The number of rotatable bonds is 6. The van der Waals surface area contributed by atoms with Gasteiger partial charge in [0, 0.05) is 11.1 Å². The van der Waals surface area contributed by atoms with Crippen LogP contribution in [-0.4, -0.2) is 25.6 Å². The van der Waals surface area contributed by atoms with E-state index >= 15 is 0 Å². The summed E-state index contributed by atoms with van der Waals surface area (Å²) in [4.78, 5) is 16.9. The van der Waals surface area contributed by atoms with Crippen molar-refractivity contribution >= 4 is 33.0 Å². The van der Waals surface area contributed by atoms with Crippen molar-refractivity contribution in [3.05, 3.63) is 45.4 Å². The number of carbonyl (C=O) groups is 1. The highest BCUT2D eigenvalue weighted by Crippen LogP contribution is 2.27. The van der Waals surface area contributed by atoms with Crippen LogP contribution in [0.3, 0.4) is 0 Å². The normalized spacial score (nSPS) is 15.1. The van der Waals surface area contributed by atoms with Crippen LogP contribution in [0.25, 0.3) is 0 Å². The predicted molar refractivity (Wildman–Crippen MR) is 104 cm³/mol. The van der Waals surface area contributed by atoms with Gasteiger partial charge in [0.1, 0.15) is 10.7 Å². The Labute approximate surface area is 158 Å². The minimum atomic E-state index is -3.37. The number of amides is 1. The molecule has 1 aromatic carbocycles. The van der Waals surface area contributed by atoms with E-state index in [1.165, 1.54) is 22.5 Å². The molecule has 0 bridgehead atoms. The summed E-state index contributed by atoms with van der Waals surface area (Å²) in [5.74, 6) is -0.268. The van der Waals surface area contributed by atoms with E-state index < -0.39 is 16.1 Å². The Morgan fingerprint density at radius 1 is 1.23 bits per heavy atom. The first-order valence-corrected chi connectivity index (χ1v) is 11.4. The summed E-state index contributed by atoms with van der Waals surface area (Å²) in [6.45, 7) is 3.82. The number of aromatic nitrogens is 1. The zero-order valence-electron chi connectivity index (χ0n) is 15.1. The number of hydrogen-bond donors (Lipinski definition) is 2. The van der Waals surface area contributed by atoms with Crippen LogP contribution >= 0.6 is 11.3 Å². The Morgan fingerprint density at radius 3 is 2.65 bits per heavy atom. The molecule has 1 heterocycles. The summed E-state index contributed by atoms with van der Waals surface area (Å²) in [5, 5.41) is 5.14. The standard InChI is InChI=1S/C18H23N3O3S2/c1-11(2)16(21-26(3,23)24)18-20-15(10-25-18)17(22)19-14-8-7-12-5-4-6-13(12)9-14/h7-11,16,21H,4-6H2,1-3H3,(H,19,22)/t16-/m1/s1. The van der Waals surface area contributed by atoms with Crippen molar-refractivity contribution in [3.63, 3.8) is 0 Å². The number of nitrogens with one attached hydrogen (secondary N) is 2. The SMILES string of the molecule is CC(C)[C@@H](NS(C)(=O)=O)c1nc(C(=O)Nc2ccc3c(c2)CCC3)cs1. The van der Waals surface area contributed by atoms with Crippen LogP contribution in [0, 0.1) is 5.92 Å². The van der Waals surface area contributed by atoms with Crippen LogP contribution in [0.4, 0.5) is 5.69 Å². The van der Waals surface area contributed by atoms with Gasteiger partial charge in [0.05, 0.1) is 12.3 Å². The number of carbonyl (C=O) groups excluding carboxylic acids is 1. The minimum Gasteiger partial charge on any atom is -0.321 e. The Balaban J connectivity index is 1.75. The molecule has 140 valence electrons. The molecule has 2 N–H and O–H groups in total. The van der Waals surface area contributed by atoms with Gasteiger partial charge in [0.25, 0.3) is 5.91 Å². The Bertz CT molecular complexity index is 920. The van der Waals surface area contributed by atoms with Crippen LogP contribution in [0.5, 0.6) is 0 Å². The Kier molecular flexibility index (Phi) is 5.45. The van der Waals surface area contributed by atoms with E-state index in [0.717, 1.165) is 31.2 Å². The van der Waals surface area contributed by atoms with E-state index in [4.69, 9.17) is 0 Å². The summed E-state index contributed by atoms with van der Waals surface area (Å²) >= 11 is 1.29. The molecule has 3 rings (SSSR count). The molecular weight excluding hydrogens is 370 g/mol. The highest BCUT2D eigenvalue weighted by Gasteiger charge is 2.24. The summed E-state index contributed by atoms with van der Waals surface area (Å²) in [5.41, 5.74) is 3.70. The van der Waals surface area contributed by atoms with E-state index in [1.54, 1.807) is 5.38 Å². The molecule has 1 aliphatic carbocycles. The molecule has 8 heteroatoms. The van der Waals surface area contributed by atoms with Gasteiger partial charge in [-0.3, -0.25) is 4.79 Å².